The fraction of sp³-hybridized carbons (Fsp3) is 0.400. The number of benzene rings is 3. The molecule has 2 aliphatic rings. The van der Waals surface area contributed by atoms with Gasteiger partial charge in [0.05, 0.1) is 59.6 Å². The minimum absolute atomic E-state index is 0.113. The summed E-state index contributed by atoms with van der Waals surface area (Å²) in [5, 5.41) is 6.41. The summed E-state index contributed by atoms with van der Waals surface area (Å²) >= 11 is 0. The number of aromatic nitrogens is 5. The summed E-state index contributed by atoms with van der Waals surface area (Å²) in [4.78, 5) is 76.7. The van der Waals surface area contributed by atoms with Gasteiger partial charge in [0.25, 0.3) is 0 Å². The molecule has 60 heavy (non-hydrogen) atoms. The van der Waals surface area contributed by atoms with Crippen molar-refractivity contribution in [3.63, 3.8) is 0 Å². The Balaban J connectivity index is 0.993. The molecule has 312 valence electrons. The first kappa shape index (κ1) is 40.3. The van der Waals surface area contributed by atoms with E-state index in [0.717, 1.165) is 92.7 Å². The highest BCUT2D eigenvalue weighted by Crippen LogP contribution is 2.36. The van der Waals surface area contributed by atoms with Crippen molar-refractivity contribution < 1.29 is 28.7 Å². The van der Waals surface area contributed by atoms with Gasteiger partial charge in [0.2, 0.25) is 11.8 Å². The van der Waals surface area contributed by atoms with Crippen LogP contribution in [0.4, 0.5) is 9.59 Å². The number of amides is 4. The van der Waals surface area contributed by atoms with Gasteiger partial charge in [-0.25, -0.2) is 24.5 Å². The van der Waals surface area contributed by atoms with Gasteiger partial charge in [0.15, 0.2) is 0 Å². The summed E-state index contributed by atoms with van der Waals surface area (Å²) in [6, 6.07) is 20.6. The summed E-state index contributed by atoms with van der Waals surface area (Å²) in [5.41, 5.74) is 8.03. The third-order valence-electron chi connectivity index (χ3n) is 11.8. The Morgan fingerprint density at radius 2 is 1.08 bits per heavy atom. The molecule has 0 saturated carbocycles. The number of rotatable bonds is 10. The molecule has 4 amide bonds. The van der Waals surface area contributed by atoms with Gasteiger partial charge in [-0.05, 0) is 91.1 Å². The van der Waals surface area contributed by atoms with Crippen LogP contribution in [0, 0.1) is 11.8 Å². The highest BCUT2D eigenvalue weighted by Gasteiger charge is 2.39. The zero-order valence-electron chi connectivity index (χ0n) is 34.7. The molecule has 15 heteroatoms. The number of H-pyrrole nitrogens is 2. The van der Waals surface area contributed by atoms with Crippen molar-refractivity contribution in [1.29, 1.82) is 0 Å². The zero-order valence-corrected chi connectivity index (χ0v) is 34.7. The Hall–Kier alpha value is -6.51. The van der Waals surface area contributed by atoms with Gasteiger partial charge in [-0.15, -0.1) is 0 Å². The molecule has 8 rings (SSSR count). The van der Waals surface area contributed by atoms with Gasteiger partial charge in [-0.1, -0.05) is 52.0 Å². The van der Waals surface area contributed by atoms with Crippen LogP contribution in [0.5, 0.6) is 0 Å². The number of nitrogens with one attached hydrogen (secondary N) is 4. The Kier molecular flexibility index (Phi) is 11.2. The Labute approximate surface area is 347 Å². The third kappa shape index (κ3) is 7.83. The first-order valence-electron chi connectivity index (χ1n) is 20.6. The van der Waals surface area contributed by atoms with Gasteiger partial charge in [-0.3, -0.25) is 9.59 Å². The molecule has 4 atom stereocenters. The summed E-state index contributed by atoms with van der Waals surface area (Å²) < 4.78 is 9.56. The molecule has 0 spiro atoms. The number of nitrogens with zero attached hydrogens (tertiary/aromatic N) is 5. The molecule has 2 aliphatic heterocycles. The number of carbonyl (C=O) groups is 4. The van der Waals surface area contributed by atoms with Crippen LogP contribution in [0.3, 0.4) is 0 Å². The fourth-order valence-electron chi connectivity index (χ4n) is 8.56. The van der Waals surface area contributed by atoms with Crippen LogP contribution in [-0.2, 0) is 19.1 Å². The smallest absolute Gasteiger partial charge is 0.407 e. The molecule has 0 unspecified atom stereocenters. The van der Waals surface area contributed by atoms with E-state index in [-0.39, 0.29) is 35.7 Å². The molecule has 15 nitrogen and oxygen atoms in total. The number of imidazole rings is 2. The molecule has 0 aliphatic carbocycles. The van der Waals surface area contributed by atoms with Crippen LogP contribution < -0.4 is 10.6 Å². The van der Waals surface area contributed by atoms with Crippen molar-refractivity contribution in [3.8, 4) is 22.4 Å². The molecule has 3 aromatic carbocycles. The van der Waals surface area contributed by atoms with Crippen LogP contribution in [-0.4, -0.2) is 98.1 Å². The van der Waals surface area contributed by atoms with E-state index in [9.17, 15) is 19.2 Å². The first-order chi connectivity index (χ1) is 28.9. The Bertz CT molecular complexity index is 2420. The maximum atomic E-state index is 13.7. The summed E-state index contributed by atoms with van der Waals surface area (Å²) in [6.07, 6.45) is 1.97. The minimum atomic E-state index is -0.700. The van der Waals surface area contributed by atoms with Crippen molar-refractivity contribution in [2.45, 2.75) is 77.5 Å². The molecular weight excluding hydrogens is 763 g/mol. The van der Waals surface area contributed by atoms with E-state index in [2.05, 4.69) is 50.9 Å². The predicted octanol–water partition coefficient (Wildman–Crippen LogP) is 7.41. The van der Waals surface area contributed by atoms with Crippen molar-refractivity contribution in [3.05, 3.63) is 78.4 Å². The highest BCUT2D eigenvalue weighted by molar-refractivity contribution is 5.91. The van der Waals surface area contributed by atoms with E-state index in [1.807, 2.05) is 73.9 Å². The Morgan fingerprint density at radius 1 is 0.617 bits per heavy atom. The topological polar surface area (TPSA) is 188 Å². The van der Waals surface area contributed by atoms with E-state index in [1.165, 1.54) is 14.2 Å². The molecule has 6 aromatic rings. The molecule has 3 aromatic heterocycles. The number of pyridine rings is 1. The molecule has 2 saturated heterocycles. The lowest BCUT2D eigenvalue weighted by atomic mass is 10.0. The molecule has 2 fully saturated rings. The highest BCUT2D eigenvalue weighted by atomic mass is 16.5. The van der Waals surface area contributed by atoms with E-state index in [4.69, 9.17) is 24.4 Å². The normalized spacial score (nSPS) is 17.8. The Morgan fingerprint density at radius 3 is 1.58 bits per heavy atom. The molecular formula is C45H51N9O6. The average molecular weight is 814 g/mol. The number of hydrogen-bond donors (Lipinski definition) is 4. The lowest BCUT2D eigenvalue weighted by molar-refractivity contribution is -0.136. The number of carbonyl (C=O) groups excluding carboxylic acids is 4. The van der Waals surface area contributed by atoms with Gasteiger partial charge in [0.1, 0.15) is 23.7 Å². The van der Waals surface area contributed by atoms with Crippen molar-refractivity contribution >= 4 is 57.0 Å². The second-order valence-corrected chi connectivity index (χ2v) is 16.4. The largest absolute Gasteiger partial charge is 0.453 e. The number of likely N-dealkylation sites (tertiary alicyclic amines) is 2. The van der Waals surface area contributed by atoms with E-state index < -0.39 is 24.3 Å². The predicted molar refractivity (Wildman–Crippen MR) is 228 cm³/mol. The summed E-state index contributed by atoms with van der Waals surface area (Å²) in [5.74, 6) is 0.935. The maximum absolute atomic E-state index is 13.7. The number of alkyl carbamates (subject to hydrolysis) is 2. The fourth-order valence-corrected chi connectivity index (χ4v) is 8.56. The number of aromatic amines is 2. The average Bonchev–Trinajstić information content (AvgIpc) is 4.08. The van der Waals surface area contributed by atoms with E-state index >= 15 is 0 Å². The SMILES string of the molecule is COC(=O)N[C@H](C(=O)N1CCC[C@H]1c1nc2ccc(-c3ccc4nc(-c5ccc6nc([C@@H]7CCCN7C(=O)[C@@H](NC(=O)OC)C(C)C)[nH]c6c5)ccc4c3)cc2[nH]1)C(C)C. The number of ether oxygens (including phenoxy) is 2. The molecule has 5 heterocycles. The monoisotopic (exact) mass is 813 g/mol. The number of fused-ring (bicyclic) bond motifs is 3. The van der Waals surface area contributed by atoms with Gasteiger partial charge < -0.3 is 39.9 Å². The summed E-state index contributed by atoms with van der Waals surface area (Å²) in [7, 11) is 2.58. The van der Waals surface area contributed by atoms with Crippen LogP contribution in [0.25, 0.3) is 55.4 Å². The van der Waals surface area contributed by atoms with Crippen LogP contribution in [0.1, 0.15) is 77.1 Å². The second kappa shape index (κ2) is 16.6. The lowest BCUT2D eigenvalue weighted by Crippen LogP contribution is -2.51. The maximum Gasteiger partial charge on any atom is 0.407 e. The van der Waals surface area contributed by atoms with Gasteiger partial charge in [-0.2, -0.15) is 0 Å². The van der Waals surface area contributed by atoms with Crippen LogP contribution in [0.15, 0.2) is 66.7 Å². The third-order valence-corrected chi connectivity index (χ3v) is 11.8. The van der Waals surface area contributed by atoms with Crippen LogP contribution >= 0.6 is 0 Å². The van der Waals surface area contributed by atoms with Gasteiger partial charge >= 0.3 is 12.2 Å². The lowest BCUT2D eigenvalue weighted by Gasteiger charge is -2.29. The second-order valence-electron chi connectivity index (χ2n) is 16.4. The van der Waals surface area contributed by atoms with E-state index in [1.54, 1.807) is 0 Å². The molecule has 0 radical (unpaired) electrons. The van der Waals surface area contributed by atoms with Gasteiger partial charge in [0, 0.05) is 24.0 Å². The number of hydrogen-bond acceptors (Lipinski definition) is 9. The standard InChI is InChI=1S/C45H51N9O6/c1-24(2)38(51-44(57)59-5)42(55)53-19-7-9-36(53)40-47-32-17-12-27(22-34(32)49-40)26-11-15-30-28(21-26)13-16-31(46-30)29-14-18-33-35(23-29)50-41(48-33)37-10-8-20-54(37)43(56)39(25(3)4)52-45(58)60-6/h11-18,21-25,36-39H,7-10,19-20H2,1-6H3,(H,47,49)(H,48,50)(H,51,57)(H,52,58)/t36-,37-,38-,39-/m0/s1. The minimum Gasteiger partial charge on any atom is -0.453 e. The van der Waals surface area contributed by atoms with Crippen molar-refractivity contribution in [1.82, 2.24) is 45.4 Å². The first-order valence-corrected chi connectivity index (χ1v) is 20.6. The quantitative estimate of drug-likeness (QED) is 0.109. The van der Waals surface area contributed by atoms with Crippen molar-refractivity contribution in [2.24, 2.45) is 11.8 Å². The van der Waals surface area contributed by atoms with Crippen molar-refractivity contribution in [2.75, 3.05) is 27.3 Å². The van der Waals surface area contributed by atoms with E-state index in [0.29, 0.717) is 13.1 Å². The molecule has 0 bridgehead atoms. The summed E-state index contributed by atoms with van der Waals surface area (Å²) in [6.45, 7) is 8.78. The molecule has 4 N–H and O–H groups in total. The number of methoxy groups -OCH3 is 2. The zero-order chi connectivity index (χ0) is 42.2. The van der Waals surface area contributed by atoms with Crippen LogP contribution in [0.2, 0.25) is 0 Å².